The van der Waals surface area contributed by atoms with Gasteiger partial charge in [0.15, 0.2) is 4.90 Å². The Labute approximate surface area is 188 Å². The average molecular weight is 458 g/mol. The van der Waals surface area contributed by atoms with Gasteiger partial charge in [-0.2, -0.15) is 4.31 Å². The van der Waals surface area contributed by atoms with Gasteiger partial charge in [-0.05, 0) is 31.4 Å². The lowest BCUT2D eigenvalue weighted by Crippen LogP contribution is -2.55. The van der Waals surface area contributed by atoms with Crippen molar-refractivity contribution >= 4 is 21.6 Å². The molecule has 2 fully saturated rings. The first-order valence-corrected chi connectivity index (χ1v) is 12.3. The summed E-state index contributed by atoms with van der Waals surface area (Å²) in [5.74, 6) is 0.0586. The topological polar surface area (TPSA) is 101 Å². The fourth-order valence-corrected chi connectivity index (χ4v) is 6.53. The number of nitrogens with zero attached hydrogens (tertiary/aromatic N) is 3. The van der Waals surface area contributed by atoms with Crippen LogP contribution < -0.4 is 0 Å². The molecule has 0 spiro atoms. The molecule has 2 aliphatic rings. The number of nitro benzene ring substituents is 1. The number of aryl methyl sites for hydroxylation is 1. The van der Waals surface area contributed by atoms with Crippen molar-refractivity contribution in [2.45, 2.75) is 42.9 Å². The van der Waals surface area contributed by atoms with Crippen LogP contribution >= 0.6 is 0 Å². The Hall–Kier alpha value is -2.78. The van der Waals surface area contributed by atoms with Gasteiger partial charge in [0.2, 0.25) is 15.9 Å². The third kappa shape index (κ3) is 3.91. The van der Waals surface area contributed by atoms with Crippen LogP contribution in [0.4, 0.5) is 5.69 Å². The SMILES string of the molecule is Cc1cccc(C2(C(=O)N3CCN(S(=O)(=O)c4ccccc4[N+](=O)[O-])CC3)CCCC2)c1. The van der Waals surface area contributed by atoms with Gasteiger partial charge in [-0.25, -0.2) is 8.42 Å². The number of sulfonamides is 1. The molecule has 8 nitrogen and oxygen atoms in total. The molecule has 2 aromatic rings. The molecule has 0 unspecified atom stereocenters. The van der Waals surface area contributed by atoms with Crippen LogP contribution in [0.5, 0.6) is 0 Å². The second-order valence-electron chi connectivity index (χ2n) is 8.58. The van der Waals surface area contributed by atoms with Crippen molar-refractivity contribution in [3.8, 4) is 0 Å². The van der Waals surface area contributed by atoms with Crippen molar-refractivity contribution in [2.75, 3.05) is 26.2 Å². The van der Waals surface area contributed by atoms with Gasteiger partial charge < -0.3 is 4.90 Å². The number of para-hydroxylation sites is 1. The molecule has 0 atom stereocenters. The summed E-state index contributed by atoms with van der Waals surface area (Å²) in [4.78, 5) is 25.7. The minimum atomic E-state index is -4.03. The van der Waals surface area contributed by atoms with E-state index in [0.29, 0.717) is 0 Å². The van der Waals surface area contributed by atoms with Crippen molar-refractivity contribution in [1.82, 2.24) is 9.21 Å². The monoisotopic (exact) mass is 457 g/mol. The van der Waals surface area contributed by atoms with E-state index in [1.54, 1.807) is 4.90 Å². The molecule has 9 heteroatoms. The van der Waals surface area contributed by atoms with E-state index in [2.05, 4.69) is 6.07 Å². The molecule has 0 radical (unpaired) electrons. The maximum absolute atomic E-state index is 13.7. The van der Waals surface area contributed by atoms with Gasteiger partial charge in [-0.3, -0.25) is 14.9 Å². The number of hydrogen-bond donors (Lipinski definition) is 0. The summed E-state index contributed by atoms with van der Waals surface area (Å²) in [5.41, 5.74) is 1.16. The van der Waals surface area contributed by atoms with Gasteiger partial charge >= 0.3 is 0 Å². The first-order chi connectivity index (χ1) is 15.3. The summed E-state index contributed by atoms with van der Waals surface area (Å²) >= 11 is 0. The molecule has 1 aliphatic heterocycles. The van der Waals surface area contributed by atoms with Gasteiger partial charge in [0, 0.05) is 32.2 Å². The normalized spacial score (nSPS) is 19.1. The summed E-state index contributed by atoms with van der Waals surface area (Å²) in [5, 5.41) is 11.3. The second kappa shape index (κ2) is 8.63. The molecule has 4 rings (SSSR count). The summed E-state index contributed by atoms with van der Waals surface area (Å²) < 4.78 is 27.4. The summed E-state index contributed by atoms with van der Waals surface area (Å²) in [7, 11) is -4.03. The highest BCUT2D eigenvalue weighted by Crippen LogP contribution is 2.43. The molecule has 1 saturated carbocycles. The van der Waals surface area contributed by atoms with Crippen LogP contribution in [0, 0.1) is 17.0 Å². The number of hydrogen-bond acceptors (Lipinski definition) is 5. The number of piperazine rings is 1. The zero-order chi connectivity index (χ0) is 22.9. The van der Waals surface area contributed by atoms with Crippen LogP contribution in [0.3, 0.4) is 0 Å². The molecule has 0 aromatic heterocycles. The highest BCUT2D eigenvalue weighted by Gasteiger charge is 2.46. The van der Waals surface area contributed by atoms with E-state index in [0.717, 1.165) is 36.8 Å². The van der Waals surface area contributed by atoms with Crippen LogP contribution in [0.1, 0.15) is 36.8 Å². The smallest absolute Gasteiger partial charge is 0.289 e. The Morgan fingerprint density at radius 3 is 2.28 bits per heavy atom. The number of carbonyl (C=O) groups excluding carboxylic acids is 1. The average Bonchev–Trinajstić information content (AvgIpc) is 3.30. The minimum absolute atomic E-state index is 0.0586. The molecular formula is C23H27N3O5S. The van der Waals surface area contributed by atoms with E-state index < -0.39 is 26.0 Å². The largest absolute Gasteiger partial charge is 0.339 e. The number of carbonyl (C=O) groups is 1. The Balaban J connectivity index is 1.53. The van der Waals surface area contributed by atoms with E-state index in [-0.39, 0.29) is 37.0 Å². The fourth-order valence-electron chi connectivity index (χ4n) is 4.95. The molecular weight excluding hydrogens is 430 g/mol. The molecule has 0 bridgehead atoms. The molecule has 1 amide bonds. The maximum Gasteiger partial charge on any atom is 0.289 e. The summed E-state index contributed by atoms with van der Waals surface area (Å²) in [6.45, 7) is 2.79. The zero-order valence-corrected chi connectivity index (χ0v) is 18.9. The van der Waals surface area contributed by atoms with E-state index in [9.17, 15) is 23.3 Å². The molecule has 2 aromatic carbocycles. The molecule has 0 N–H and O–H groups in total. The van der Waals surface area contributed by atoms with E-state index in [1.807, 2.05) is 25.1 Å². The molecule has 32 heavy (non-hydrogen) atoms. The Morgan fingerprint density at radius 2 is 1.66 bits per heavy atom. The predicted octanol–water partition coefficient (Wildman–Crippen LogP) is 3.25. The molecule has 1 saturated heterocycles. The van der Waals surface area contributed by atoms with Crippen molar-refractivity contribution in [3.63, 3.8) is 0 Å². The summed E-state index contributed by atoms with van der Waals surface area (Å²) in [6.07, 6.45) is 3.57. The predicted molar refractivity (Wildman–Crippen MR) is 120 cm³/mol. The zero-order valence-electron chi connectivity index (χ0n) is 18.1. The lowest BCUT2D eigenvalue weighted by atomic mass is 9.77. The third-order valence-corrected chi connectivity index (χ3v) is 8.59. The summed E-state index contributed by atoms with van der Waals surface area (Å²) in [6, 6.07) is 13.5. The Kier molecular flexibility index (Phi) is 6.05. The van der Waals surface area contributed by atoms with Gasteiger partial charge in [0.05, 0.1) is 10.3 Å². The fraction of sp³-hybridized carbons (Fsp3) is 0.435. The van der Waals surface area contributed by atoms with Gasteiger partial charge in [0.1, 0.15) is 0 Å². The van der Waals surface area contributed by atoms with Crippen molar-refractivity contribution in [1.29, 1.82) is 0 Å². The second-order valence-corrected chi connectivity index (χ2v) is 10.5. The number of amides is 1. The maximum atomic E-state index is 13.7. The van der Waals surface area contributed by atoms with Gasteiger partial charge in [0.25, 0.3) is 5.69 Å². The highest BCUT2D eigenvalue weighted by molar-refractivity contribution is 7.89. The lowest BCUT2D eigenvalue weighted by Gasteiger charge is -2.39. The van der Waals surface area contributed by atoms with Crippen LogP contribution in [-0.2, 0) is 20.2 Å². The van der Waals surface area contributed by atoms with E-state index in [4.69, 9.17) is 0 Å². The number of rotatable bonds is 5. The van der Waals surface area contributed by atoms with E-state index in [1.165, 1.54) is 28.6 Å². The van der Waals surface area contributed by atoms with Crippen LogP contribution in [0.25, 0.3) is 0 Å². The third-order valence-electron chi connectivity index (χ3n) is 6.64. The number of nitro groups is 1. The van der Waals surface area contributed by atoms with Crippen LogP contribution in [0.2, 0.25) is 0 Å². The highest BCUT2D eigenvalue weighted by atomic mass is 32.2. The quantitative estimate of drug-likeness (QED) is 0.507. The Morgan fingerprint density at radius 1 is 1.00 bits per heavy atom. The number of benzene rings is 2. The van der Waals surface area contributed by atoms with E-state index >= 15 is 0 Å². The first kappa shape index (κ1) is 22.4. The minimum Gasteiger partial charge on any atom is -0.339 e. The molecule has 170 valence electrons. The molecule has 1 heterocycles. The van der Waals surface area contributed by atoms with Crippen molar-refractivity contribution < 1.29 is 18.1 Å². The van der Waals surface area contributed by atoms with Crippen molar-refractivity contribution in [2.24, 2.45) is 0 Å². The lowest BCUT2D eigenvalue weighted by molar-refractivity contribution is -0.387. The molecule has 1 aliphatic carbocycles. The van der Waals surface area contributed by atoms with Gasteiger partial charge in [-0.15, -0.1) is 0 Å². The first-order valence-electron chi connectivity index (χ1n) is 10.9. The standard InChI is InChI=1S/C23H27N3O5S/c1-18-7-6-8-19(17-18)23(11-4-5-12-23)22(27)24-13-15-25(16-14-24)32(30,31)21-10-3-2-9-20(21)26(28)29/h2-3,6-10,17H,4-5,11-16H2,1H3. The van der Waals surface area contributed by atoms with Gasteiger partial charge in [-0.1, -0.05) is 54.8 Å². The van der Waals surface area contributed by atoms with Crippen molar-refractivity contribution in [3.05, 3.63) is 69.8 Å². The Bertz CT molecular complexity index is 1130. The van der Waals surface area contributed by atoms with Crippen LogP contribution in [0.15, 0.2) is 53.4 Å². The van der Waals surface area contributed by atoms with Crippen LogP contribution in [-0.4, -0.2) is 54.6 Å².